The van der Waals surface area contributed by atoms with Gasteiger partial charge in [0.15, 0.2) is 6.10 Å². The lowest BCUT2D eigenvalue weighted by Crippen LogP contribution is -2.14. The van der Waals surface area contributed by atoms with Crippen molar-refractivity contribution < 1.29 is 19.8 Å². The lowest BCUT2D eigenvalue weighted by Gasteiger charge is -2.12. The number of Topliss-reactive ketones (excluding diaryl/α,β-unsaturated/α-hetero) is 1. The van der Waals surface area contributed by atoms with Gasteiger partial charge < -0.3 is 10.2 Å². The zero-order valence-corrected chi connectivity index (χ0v) is 10.1. The zero-order valence-electron chi connectivity index (χ0n) is 9.31. The van der Waals surface area contributed by atoms with E-state index in [0.29, 0.717) is 5.56 Å². The lowest BCUT2D eigenvalue weighted by molar-refractivity contribution is -0.147. The number of carboxylic acid groups (broad SMARTS) is 1. The molecule has 4 nitrogen and oxygen atoms in total. The fourth-order valence-electron chi connectivity index (χ4n) is 1.56. The van der Waals surface area contributed by atoms with Gasteiger partial charge in [-0.25, -0.2) is 4.79 Å². The number of ketones is 1. The van der Waals surface area contributed by atoms with Crippen LogP contribution in [0, 0.1) is 0 Å². The van der Waals surface area contributed by atoms with Gasteiger partial charge in [-0.1, -0.05) is 18.2 Å². The monoisotopic (exact) mass is 256 g/mol. The summed E-state index contributed by atoms with van der Waals surface area (Å²) in [7, 11) is 0. The van der Waals surface area contributed by atoms with Crippen molar-refractivity contribution in [2.45, 2.75) is 25.3 Å². The first kappa shape index (κ1) is 13.7. The Balaban J connectivity index is 3.18. The van der Waals surface area contributed by atoms with Crippen LogP contribution in [0.4, 0.5) is 0 Å². The van der Waals surface area contributed by atoms with E-state index in [0.717, 1.165) is 5.56 Å². The van der Waals surface area contributed by atoms with E-state index in [-0.39, 0.29) is 23.6 Å². The number of hydrogen-bond donors (Lipinski definition) is 2. The van der Waals surface area contributed by atoms with Crippen LogP contribution in [0.25, 0.3) is 0 Å². The molecule has 0 aliphatic heterocycles. The summed E-state index contributed by atoms with van der Waals surface area (Å²) in [6.45, 7) is 1.41. The predicted molar refractivity (Wildman–Crippen MR) is 63.0 cm³/mol. The van der Waals surface area contributed by atoms with E-state index in [1.54, 1.807) is 12.1 Å². The van der Waals surface area contributed by atoms with Crippen molar-refractivity contribution in [3.05, 3.63) is 34.9 Å². The van der Waals surface area contributed by atoms with E-state index in [1.165, 1.54) is 13.0 Å². The van der Waals surface area contributed by atoms with E-state index in [1.807, 2.05) is 0 Å². The summed E-state index contributed by atoms with van der Waals surface area (Å²) in [5.74, 6) is -1.17. The molecule has 0 spiro atoms. The van der Waals surface area contributed by atoms with Crippen LogP contribution in [0.15, 0.2) is 18.2 Å². The third-order valence-corrected chi connectivity index (χ3v) is 2.64. The molecule has 0 heterocycles. The molecule has 0 aliphatic carbocycles. The Kier molecular flexibility index (Phi) is 4.66. The number of rotatable bonds is 5. The molecular formula is C12H13ClO4. The normalized spacial score (nSPS) is 12.2. The van der Waals surface area contributed by atoms with Gasteiger partial charge in [0.2, 0.25) is 0 Å². The minimum absolute atomic E-state index is 0.0877. The smallest absolute Gasteiger partial charge is 0.337 e. The molecule has 1 rings (SSSR count). The molecule has 0 aliphatic rings. The van der Waals surface area contributed by atoms with E-state index >= 15 is 0 Å². The Labute approximate surface area is 104 Å². The summed E-state index contributed by atoms with van der Waals surface area (Å²) in [4.78, 5) is 21.8. The van der Waals surface area contributed by atoms with E-state index in [4.69, 9.17) is 16.7 Å². The first-order chi connectivity index (χ1) is 7.95. The average Bonchev–Trinajstić information content (AvgIpc) is 2.27. The minimum atomic E-state index is -1.62. The van der Waals surface area contributed by atoms with Crippen LogP contribution in [0.1, 0.15) is 29.7 Å². The van der Waals surface area contributed by atoms with Crippen LogP contribution in [0.2, 0.25) is 0 Å². The topological polar surface area (TPSA) is 74.6 Å². The number of hydrogen-bond acceptors (Lipinski definition) is 3. The van der Waals surface area contributed by atoms with Crippen molar-refractivity contribution in [2.24, 2.45) is 0 Å². The number of aliphatic carboxylic acids is 1. The quantitative estimate of drug-likeness (QED) is 0.786. The summed E-state index contributed by atoms with van der Waals surface area (Å²) >= 11 is 5.67. The Bertz CT molecular complexity index is 442. The average molecular weight is 257 g/mol. The van der Waals surface area contributed by atoms with Gasteiger partial charge in [0.05, 0.1) is 0 Å². The lowest BCUT2D eigenvalue weighted by atomic mass is 9.96. The highest BCUT2D eigenvalue weighted by Crippen LogP contribution is 2.21. The van der Waals surface area contributed by atoms with Gasteiger partial charge in [0.25, 0.3) is 0 Å². The summed E-state index contributed by atoms with van der Waals surface area (Å²) in [5.41, 5.74) is 1.52. The maximum absolute atomic E-state index is 11.1. The number of alkyl halides is 1. The molecule has 2 N–H and O–H groups in total. The molecule has 92 valence electrons. The van der Waals surface area contributed by atoms with Gasteiger partial charge in [-0.05, 0) is 23.6 Å². The Morgan fingerprint density at radius 2 is 2.06 bits per heavy atom. The standard InChI is InChI=1S/C12H13ClO4/c1-7(14)4-9-5-8(6-13)2-3-10(9)11(15)12(16)17/h2-3,5,11,15H,4,6H2,1H3,(H,16,17). The molecule has 0 saturated carbocycles. The van der Waals surface area contributed by atoms with Crippen molar-refractivity contribution in [2.75, 3.05) is 0 Å². The molecule has 5 heteroatoms. The molecule has 0 saturated heterocycles. The molecule has 1 aromatic rings. The SMILES string of the molecule is CC(=O)Cc1cc(CCl)ccc1C(O)C(=O)O. The largest absolute Gasteiger partial charge is 0.479 e. The number of aliphatic hydroxyl groups excluding tert-OH is 1. The molecule has 0 aromatic heterocycles. The summed E-state index contributed by atoms with van der Waals surface area (Å²) in [5, 5.41) is 18.3. The molecule has 0 bridgehead atoms. The zero-order chi connectivity index (χ0) is 13.0. The minimum Gasteiger partial charge on any atom is -0.479 e. The molecule has 0 amide bonds. The van der Waals surface area contributed by atoms with Crippen molar-refractivity contribution in [3.8, 4) is 0 Å². The van der Waals surface area contributed by atoms with Gasteiger partial charge in [0.1, 0.15) is 5.78 Å². The summed E-state index contributed by atoms with van der Waals surface area (Å²) in [6, 6.07) is 4.78. The Morgan fingerprint density at radius 1 is 1.41 bits per heavy atom. The van der Waals surface area contributed by atoms with Gasteiger partial charge in [-0.15, -0.1) is 11.6 Å². The van der Waals surface area contributed by atoms with Crippen molar-refractivity contribution in [1.29, 1.82) is 0 Å². The van der Waals surface area contributed by atoms with Crippen LogP contribution in [-0.2, 0) is 21.9 Å². The molecule has 17 heavy (non-hydrogen) atoms. The highest BCUT2D eigenvalue weighted by molar-refractivity contribution is 6.17. The third kappa shape index (κ3) is 3.54. The Morgan fingerprint density at radius 3 is 2.53 bits per heavy atom. The maximum Gasteiger partial charge on any atom is 0.337 e. The maximum atomic E-state index is 11.1. The highest BCUT2D eigenvalue weighted by atomic mass is 35.5. The predicted octanol–water partition coefficient (Wildman–Crippen LogP) is 1.67. The van der Waals surface area contributed by atoms with Crippen LogP contribution in [0.3, 0.4) is 0 Å². The second kappa shape index (κ2) is 5.80. The number of carbonyl (C=O) groups excluding carboxylic acids is 1. The second-order valence-electron chi connectivity index (χ2n) is 3.79. The number of carboxylic acids is 1. The number of aliphatic hydroxyl groups is 1. The van der Waals surface area contributed by atoms with Gasteiger partial charge in [-0.3, -0.25) is 4.79 Å². The fourth-order valence-corrected chi connectivity index (χ4v) is 1.73. The number of carbonyl (C=O) groups is 2. The van der Waals surface area contributed by atoms with Crippen LogP contribution in [-0.4, -0.2) is 22.0 Å². The summed E-state index contributed by atoms with van der Waals surface area (Å²) in [6.07, 6.45) is -1.53. The second-order valence-corrected chi connectivity index (χ2v) is 4.05. The van der Waals surface area contributed by atoms with E-state index < -0.39 is 12.1 Å². The van der Waals surface area contributed by atoms with Gasteiger partial charge in [0, 0.05) is 12.3 Å². The molecule has 0 radical (unpaired) electrons. The van der Waals surface area contributed by atoms with Gasteiger partial charge >= 0.3 is 5.97 Å². The van der Waals surface area contributed by atoms with Crippen molar-refractivity contribution in [1.82, 2.24) is 0 Å². The van der Waals surface area contributed by atoms with E-state index in [2.05, 4.69) is 0 Å². The van der Waals surface area contributed by atoms with Crippen LogP contribution in [0.5, 0.6) is 0 Å². The highest BCUT2D eigenvalue weighted by Gasteiger charge is 2.20. The third-order valence-electron chi connectivity index (χ3n) is 2.33. The number of halogens is 1. The molecular weight excluding hydrogens is 244 g/mol. The van der Waals surface area contributed by atoms with Crippen molar-refractivity contribution in [3.63, 3.8) is 0 Å². The van der Waals surface area contributed by atoms with Crippen LogP contribution < -0.4 is 0 Å². The van der Waals surface area contributed by atoms with Crippen LogP contribution >= 0.6 is 11.6 Å². The molecule has 1 unspecified atom stereocenters. The van der Waals surface area contributed by atoms with Gasteiger partial charge in [-0.2, -0.15) is 0 Å². The van der Waals surface area contributed by atoms with E-state index in [9.17, 15) is 14.7 Å². The fraction of sp³-hybridized carbons (Fsp3) is 0.333. The first-order valence-electron chi connectivity index (χ1n) is 5.03. The molecule has 1 aromatic carbocycles. The molecule has 0 fully saturated rings. The first-order valence-corrected chi connectivity index (χ1v) is 5.57. The molecule has 1 atom stereocenters. The van der Waals surface area contributed by atoms with Crippen molar-refractivity contribution >= 4 is 23.4 Å². The number of benzene rings is 1. The Hall–Kier alpha value is -1.39. The summed E-state index contributed by atoms with van der Waals surface area (Å²) < 4.78 is 0.